The van der Waals surface area contributed by atoms with Crippen LogP contribution in [0.2, 0.25) is 0 Å². The number of unbranched alkanes of at least 4 members (excludes halogenated alkanes) is 1. The summed E-state index contributed by atoms with van der Waals surface area (Å²) in [6.45, 7) is 2.21. The molecule has 0 bridgehead atoms. The van der Waals surface area contributed by atoms with E-state index in [9.17, 15) is 0 Å². The molecule has 0 amide bonds. The van der Waals surface area contributed by atoms with Gasteiger partial charge in [-0.25, -0.2) is 0 Å². The number of nitrogens with zero attached hydrogens (tertiary/aromatic N) is 3. The summed E-state index contributed by atoms with van der Waals surface area (Å²) in [5.41, 5.74) is 5.76. The van der Waals surface area contributed by atoms with Crippen LogP contribution in [-0.4, -0.2) is 31.0 Å². The van der Waals surface area contributed by atoms with Gasteiger partial charge in [-0.3, -0.25) is 9.98 Å². The van der Waals surface area contributed by atoms with E-state index in [1.807, 2.05) is 42.6 Å². The molecule has 0 aliphatic carbocycles. The maximum Gasteiger partial charge on any atom is 0.162 e. The predicted molar refractivity (Wildman–Crippen MR) is 119 cm³/mol. The van der Waals surface area contributed by atoms with Crippen LogP contribution < -0.4 is 9.47 Å². The summed E-state index contributed by atoms with van der Waals surface area (Å²) in [5, 5.41) is 10.2. The smallest absolute Gasteiger partial charge is 0.162 e. The Labute approximate surface area is 177 Å². The molecule has 1 aliphatic rings. The van der Waals surface area contributed by atoms with Crippen LogP contribution in [0.4, 0.5) is 0 Å². The van der Waals surface area contributed by atoms with Crippen LogP contribution in [0.15, 0.2) is 47.6 Å². The van der Waals surface area contributed by atoms with Gasteiger partial charge in [0.15, 0.2) is 11.5 Å². The lowest BCUT2D eigenvalue weighted by atomic mass is 9.87. The zero-order valence-corrected chi connectivity index (χ0v) is 17.6. The predicted octanol–water partition coefficient (Wildman–Crippen LogP) is 5.08. The van der Waals surface area contributed by atoms with Crippen LogP contribution in [0, 0.1) is 11.3 Å². The van der Waals surface area contributed by atoms with Crippen LogP contribution in [-0.2, 0) is 6.42 Å². The molecule has 30 heavy (non-hydrogen) atoms. The van der Waals surface area contributed by atoms with Gasteiger partial charge in [-0.15, -0.1) is 0 Å². The first kappa shape index (κ1) is 19.9. The SMILES string of the molecule is CCCCC1Cc2cnc3cc(OC)c(OC)cc3c2C(c2ccc(C#N)cc2)=N1. The topological polar surface area (TPSA) is 67.5 Å². The molecule has 1 aliphatic heterocycles. The molecule has 2 aromatic carbocycles. The van der Waals surface area contributed by atoms with Crippen molar-refractivity contribution in [2.24, 2.45) is 4.99 Å². The molecule has 0 saturated heterocycles. The van der Waals surface area contributed by atoms with E-state index in [-0.39, 0.29) is 6.04 Å². The summed E-state index contributed by atoms with van der Waals surface area (Å²) in [4.78, 5) is 9.88. The Morgan fingerprint density at radius 3 is 2.50 bits per heavy atom. The molecule has 0 spiro atoms. The van der Waals surface area contributed by atoms with Crippen LogP contribution in [0.25, 0.3) is 10.9 Å². The number of hydrogen-bond donors (Lipinski definition) is 0. The maximum absolute atomic E-state index is 9.17. The average molecular weight is 399 g/mol. The van der Waals surface area contributed by atoms with E-state index in [1.165, 1.54) is 5.56 Å². The number of methoxy groups -OCH3 is 2. The molecule has 3 aromatic rings. The van der Waals surface area contributed by atoms with E-state index in [1.54, 1.807) is 14.2 Å². The van der Waals surface area contributed by atoms with Crippen molar-refractivity contribution in [2.75, 3.05) is 14.2 Å². The number of pyridine rings is 1. The number of aliphatic imine (C=N–C) groups is 1. The molecule has 5 heteroatoms. The van der Waals surface area contributed by atoms with E-state index in [2.05, 4.69) is 13.0 Å². The maximum atomic E-state index is 9.17. The fourth-order valence-electron chi connectivity index (χ4n) is 4.07. The number of fused-ring (bicyclic) bond motifs is 3. The number of hydrogen-bond acceptors (Lipinski definition) is 5. The first-order chi connectivity index (χ1) is 14.7. The molecule has 1 atom stereocenters. The van der Waals surface area contributed by atoms with Crippen LogP contribution in [0.3, 0.4) is 0 Å². The van der Waals surface area contributed by atoms with Gasteiger partial charge in [0, 0.05) is 28.8 Å². The molecule has 4 rings (SSSR count). The lowest BCUT2D eigenvalue weighted by Gasteiger charge is -2.25. The quantitative estimate of drug-likeness (QED) is 0.580. The first-order valence-electron chi connectivity index (χ1n) is 10.3. The Balaban J connectivity index is 1.93. The van der Waals surface area contributed by atoms with Gasteiger partial charge in [0.05, 0.1) is 43.1 Å². The van der Waals surface area contributed by atoms with Gasteiger partial charge in [0.2, 0.25) is 0 Å². The van der Waals surface area contributed by atoms with E-state index >= 15 is 0 Å². The molecule has 1 aromatic heterocycles. The second kappa shape index (κ2) is 8.54. The minimum Gasteiger partial charge on any atom is -0.493 e. The van der Waals surface area contributed by atoms with Crippen molar-refractivity contribution >= 4 is 16.6 Å². The molecule has 0 fully saturated rings. The van der Waals surface area contributed by atoms with E-state index in [0.29, 0.717) is 17.1 Å². The van der Waals surface area contributed by atoms with Crippen molar-refractivity contribution in [3.05, 3.63) is 64.8 Å². The molecule has 0 saturated carbocycles. The van der Waals surface area contributed by atoms with Gasteiger partial charge in [-0.2, -0.15) is 5.26 Å². The highest BCUT2D eigenvalue weighted by atomic mass is 16.5. The third kappa shape index (κ3) is 3.61. The standard InChI is InChI=1S/C25H25N3O2/c1-4-5-6-19-11-18-15-27-21-13-23(30-3)22(29-2)12-20(21)24(18)25(28-19)17-9-7-16(14-26)8-10-17/h7-10,12-13,15,19H,4-6,11H2,1-3H3. The summed E-state index contributed by atoms with van der Waals surface area (Å²) < 4.78 is 11.0. The van der Waals surface area contributed by atoms with Gasteiger partial charge < -0.3 is 9.47 Å². The molecular formula is C25H25N3O2. The molecule has 2 heterocycles. The van der Waals surface area contributed by atoms with Crippen molar-refractivity contribution in [1.82, 2.24) is 4.98 Å². The monoisotopic (exact) mass is 399 g/mol. The Kier molecular flexibility index (Phi) is 5.67. The highest BCUT2D eigenvalue weighted by Crippen LogP contribution is 2.36. The molecule has 5 nitrogen and oxygen atoms in total. The largest absolute Gasteiger partial charge is 0.493 e. The third-order valence-electron chi connectivity index (χ3n) is 5.63. The van der Waals surface area contributed by atoms with E-state index in [4.69, 9.17) is 24.7 Å². The van der Waals surface area contributed by atoms with Crippen molar-refractivity contribution in [3.63, 3.8) is 0 Å². The normalized spacial score (nSPS) is 15.3. The summed E-state index contributed by atoms with van der Waals surface area (Å²) in [7, 11) is 3.27. The fraction of sp³-hybridized carbons (Fsp3) is 0.320. The van der Waals surface area contributed by atoms with Crippen molar-refractivity contribution in [2.45, 2.75) is 38.6 Å². The number of nitriles is 1. The summed E-state index contributed by atoms with van der Waals surface area (Å²) >= 11 is 0. The zero-order chi connectivity index (χ0) is 21.1. The Bertz CT molecular complexity index is 1140. The van der Waals surface area contributed by atoms with Gasteiger partial charge in [0.25, 0.3) is 0 Å². The van der Waals surface area contributed by atoms with E-state index < -0.39 is 0 Å². The number of aromatic nitrogens is 1. The van der Waals surface area contributed by atoms with Gasteiger partial charge in [-0.1, -0.05) is 31.9 Å². The highest BCUT2D eigenvalue weighted by molar-refractivity contribution is 6.20. The number of benzene rings is 2. The van der Waals surface area contributed by atoms with Crippen LogP contribution in [0.1, 0.15) is 48.4 Å². The number of rotatable bonds is 6. The molecule has 152 valence electrons. The Hall–Kier alpha value is -3.39. The molecule has 0 N–H and O–H groups in total. The third-order valence-corrected chi connectivity index (χ3v) is 5.63. The summed E-state index contributed by atoms with van der Waals surface area (Å²) in [5.74, 6) is 1.33. The Morgan fingerprint density at radius 2 is 1.83 bits per heavy atom. The van der Waals surface area contributed by atoms with Gasteiger partial charge >= 0.3 is 0 Å². The minimum absolute atomic E-state index is 0.238. The van der Waals surface area contributed by atoms with Crippen molar-refractivity contribution in [3.8, 4) is 17.6 Å². The average Bonchev–Trinajstić information content (AvgIpc) is 2.81. The molecule has 0 radical (unpaired) electrons. The second-order valence-electron chi connectivity index (χ2n) is 7.55. The minimum atomic E-state index is 0.238. The zero-order valence-electron chi connectivity index (χ0n) is 17.6. The summed E-state index contributed by atoms with van der Waals surface area (Å²) in [6.07, 6.45) is 6.21. The van der Waals surface area contributed by atoms with E-state index in [0.717, 1.165) is 53.4 Å². The highest BCUT2D eigenvalue weighted by Gasteiger charge is 2.25. The fourth-order valence-corrected chi connectivity index (χ4v) is 4.07. The van der Waals surface area contributed by atoms with Crippen LogP contribution in [0.5, 0.6) is 11.5 Å². The van der Waals surface area contributed by atoms with Crippen molar-refractivity contribution in [1.29, 1.82) is 5.26 Å². The van der Waals surface area contributed by atoms with Crippen molar-refractivity contribution < 1.29 is 9.47 Å². The molecule has 1 unspecified atom stereocenters. The van der Waals surface area contributed by atoms with Gasteiger partial charge in [0.1, 0.15) is 0 Å². The Morgan fingerprint density at radius 1 is 1.10 bits per heavy atom. The van der Waals surface area contributed by atoms with Crippen LogP contribution >= 0.6 is 0 Å². The van der Waals surface area contributed by atoms with Gasteiger partial charge in [-0.05, 0) is 36.6 Å². The first-order valence-corrected chi connectivity index (χ1v) is 10.3. The second-order valence-corrected chi connectivity index (χ2v) is 7.55. The lowest BCUT2D eigenvalue weighted by Crippen LogP contribution is -2.22. The molecular weight excluding hydrogens is 374 g/mol. The summed E-state index contributed by atoms with van der Waals surface area (Å²) in [6, 6.07) is 14.0. The number of ether oxygens (including phenoxy) is 2. The lowest BCUT2D eigenvalue weighted by molar-refractivity contribution is 0.356.